The zero-order chi connectivity index (χ0) is 22.8. The number of nitrogens with zero attached hydrogens (tertiary/aromatic N) is 5. The summed E-state index contributed by atoms with van der Waals surface area (Å²) in [6, 6.07) is 9.81. The molecule has 4 aromatic rings. The molecule has 9 nitrogen and oxygen atoms in total. The van der Waals surface area contributed by atoms with Crippen molar-refractivity contribution in [3.05, 3.63) is 87.2 Å². The highest BCUT2D eigenvalue weighted by molar-refractivity contribution is 6.10. The first-order chi connectivity index (χ1) is 15.4. The number of carbonyl (C=O) groups is 1. The van der Waals surface area contributed by atoms with Gasteiger partial charge in [-0.05, 0) is 31.2 Å². The van der Waals surface area contributed by atoms with Crippen LogP contribution in [0, 0.1) is 18.3 Å². The Labute approximate surface area is 182 Å². The SMILES string of the molecule is Cc1cccc(Cn2ncc3c(c(C=N)c(C(=O)NCc4cccc(F)n4)n3C)c2=O)n1. The predicted molar refractivity (Wildman–Crippen MR) is 116 cm³/mol. The minimum atomic E-state index is -0.642. The molecule has 4 rings (SSSR count). The van der Waals surface area contributed by atoms with Crippen LogP contribution in [0.3, 0.4) is 0 Å². The Morgan fingerprint density at radius 3 is 2.66 bits per heavy atom. The standard InChI is InChI=1S/C22H20FN7O2/c1-13-5-3-7-15(27-13)12-30-22(32)19-16(9-24)20(29(2)17(19)11-26-30)21(31)25-10-14-6-4-8-18(23)28-14/h3-9,11,24H,10,12H2,1-2H3,(H,25,31). The molecule has 32 heavy (non-hydrogen) atoms. The van der Waals surface area contributed by atoms with Crippen molar-refractivity contribution < 1.29 is 9.18 Å². The normalized spacial score (nSPS) is 11.0. The molecule has 4 heterocycles. The van der Waals surface area contributed by atoms with Gasteiger partial charge in [-0.25, -0.2) is 9.67 Å². The van der Waals surface area contributed by atoms with Crippen molar-refractivity contribution in [1.82, 2.24) is 29.6 Å². The number of hydrogen-bond donors (Lipinski definition) is 2. The van der Waals surface area contributed by atoms with Gasteiger partial charge in [-0.3, -0.25) is 14.6 Å². The van der Waals surface area contributed by atoms with Gasteiger partial charge in [0.1, 0.15) is 5.69 Å². The summed E-state index contributed by atoms with van der Waals surface area (Å²) in [5.74, 6) is -1.16. The quantitative estimate of drug-likeness (QED) is 0.356. The summed E-state index contributed by atoms with van der Waals surface area (Å²) in [5.41, 5.74) is 2.17. The third-order valence-corrected chi connectivity index (χ3v) is 5.07. The number of amides is 1. The Hall–Kier alpha value is -4.21. The Morgan fingerprint density at radius 1 is 1.19 bits per heavy atom. The molecule has 0 aliphatic heterocycles. The lowest BCUT2D eigenvalue weighted by molar-refractivity contribution is 0.0942. The number of pyridine rings is 2. The average molecular weight is 433 g/mol. The van der Waals surface area contributed by atoms with Gasteiger partial charge in [-0.1, -0.05) is 12.1 Å². The van der Waals surface area contributed by atoms with Gasteiger partial charge in [-0.15, -0.1) is 0 Å². The molecular weight excluding hydrogens is 413 g/mol. The number of carbonyl (C=O) groups excluding carboxylic acids is 1. The molecule has 0 spiro atoms. The van der Waals surface area contributed by atoms with Crippen molar-refractivity contribution in [2.24, 2.45) is 7.05 Å². The zero-order valence-corrected chi connectivity index (χ0v) is 17.5. The lowest BCUT2D eigenvalue weighted by Crippen LogP contribution is -2.26. The van der Waals surface area contributed by atoms with Crippen molar-refractivity contribution in [3.8, 4) is 0 Å². The van der Waals surface area contributed by atoms with Gasteiger partial charge in [0.15, 0.2) is 0 Å². The van der Waals surface area contributed by atoms with Gasteiger partial charge in [-0.2, -0.15) is 9.49 Å². The van der Waals surface area contributed by atoms with Crippen molar-refractivity contribution in [1.29, 1.82) is 5.41 Å². The largest absolute Gasteiger partial charge is 0.345 e. The topological polar surface area (TPSA) is 119 Å². The molecule has 0 saturated heterocycles. The first-order valence-electron chi connectivity index (χ1n) is 9.80. The van der Waals surface area contributed by atoms with Crippen molar-refractivity contribution in [2.45, 2.75) is 20.0 Å². The van der Waals surface area contributed by atoms with Crippen LogP contribution in [0.5, 0.6) is 0 Å². The maximum atomic E-state index is 13.3. The summed E-state index contributed by atoms with van der Waals surface area (Å²) in [7, 11) is 1.62. The van der Waals surface area contributed by atoms with Crippen LogP contribution in [0.25, 0.3) is 10.9 Å². The molecule has 0 atom stereocenters. The van der Waals surface area contributed by atoms with E-state index in [1.54, 1.807) is 19.2 Å². The van der Waals surface area contributed by atoms with Gasteiger partial charge in [0, 0.05) is 24.5 Å². The number of hydrogen-bond acceptors (Lipinski definition) is 6. The highest BCUT2D eigenvalue weighted by Gasteiger charge is 2.23. The van der Waals surface area contributed by atoms with Gasteiger partial charge in [0.05, 0.1) is 41.6 Å². The van der Waals surface area contributed by atoms with Gasteiger partial charge in [0.25, 0.3) is 11.5 Å². The second kappa shape index (κ2) is 8.50. The fourth-order valence-electron chi connectivity index (χ4n) is 3.58. The number of aryl methyl sites for hydroxylation is 2. The molecular formula is C22H20FN7O2. The smallest absolute Gasteiger partial charge is 0.277 e. The molecule has 1 amide bonds. The Balaban J connectivity index is 1.71. The molecule has 0 bridgehead atoms. The molecule has 10 heteroatoms. The summed E-state index contributed by atoms with van der Waals surface area (Å²) >= 11 is 0. The molecule has 0 aliphatic rings. The lowest BCUT2D eigenvalue weighted by atomic mass is 10.1. The van der Waals surface area contributed by atoms with E-state index in [-0.39, 0.29) is 29.7 Å². The molecule has 0 aliphatic carbocycles. The monoisotopic (exact) mass is 433 g/mol. The number of fused-ring (bicyclic) bond motifs is 1. The number of aromatic nitrogens is 5. The van der Waals surface area contributed by atoms with E-state index in [1.165, 1.54) is 27.6 Å². The Bertz CT molecular complexity index is 1410. The minimum absolute atomic E-state index is 0.00291. The summed E-state index contributed by atoms with van der Waals surface area (Å²) in [5, 5.41) is 15.0. The van der Waals surface area contributed by atoms with Gasteiger partial charge >= 0.3 is 0 Å². The van der Waals surface area contributed by atoms with E-state index in [4.69, 9.17) is 5.41 Å². The van der Waals surface area contributed by atoms with Gasteiger partial charge in [0.2, 0.25) is 5.95 Å². The second-order valence-corrected chi connectivity index (χ2v) is 7.24. The first kappa shape index (κ1) is 21.0. The lowest BCUT2D eigenvalue weighted by Gasteiger charge is -2.07. The fourth-order valence-corrected chi connectivity index (χ4v) is 3.58. The summed E-state index contributed by atoms with van der Waals surface area (Å²) in [6.45, 7) is 2.02. The van der Waals surface area contributed by atoms with Crippen LogP contribution >= 0.6 is 0 Å². The van der Waals surface area contributed by atoms with E-state index in [9.17, 15) is 14.0 Å². The summed E-state index contributed by atoms with van der Waals surface area (Å²) < 4.78 is 16.1. The van der Waals surface area contributed by atoms with Crippen LogP contribution in [-0.2, 0) is 20.1 Å². The highest BCUT2D eigenvalue weighted by atomic mass is 19.1. The van der Waals surface area contributed by atoms with Crippen LogP contribution in [0.15, 0.2) is 47.4 Å². The molecule has 4 aromatic heterocycles. The van der Waals surface area contributed by atoms with Crippen LogP contribution in [0.1, 0.15) is 33.1 Å². The molecule has 0 radical (unpaired) electrons. The molecule has 0 fully saturated rings. The molecule has 0 saturated carbocycles. The van der Waals surface area contributed by atoms with Crippen LogP contribution in [-0.4, -0.2) is 36.4 Å². The van der Waals surface area contributed by atoms with E-state index in [0.29, 0.717) is 16.9 Å². The number of rotatable bonds is 6. The number of halogens is 1. The Kier molecular flexibility index (Phi) is 5.59. The van der Waals surface area contributed by atoms with Crippen LogP contribution in [0.2, 0.25) is 0 Å². The maximum Gasteiger partial charge on any atom is 0.277 e. The average Bonchev–Trinajstić information content (AvgIpc) is 3.06. The van der Waals surface area contributed by atoms with Crippen LogP contribution < -0.4 is 10.9 Å². The Morgan fingerprint density at radius 2 is 1.94 bits per heavy atom. The predicted octanol–water partition coefficient (Wildman–Crippen LogP) is 1.95. The van der Waals surface area contributed by atoms with E-state index in [0.717, 1.165) is 11.9 Å². The van der Waals surface area contributed by atoms with E-state index < -0.39 is 17.4 Å². The second-order valence-electron chi connectivity index (χ2n) is 7.24. The minimum Gasteiger partial charge on any atom is -0.345 e. The fraction of sp³-hybridized carbons (Fsp3) is 0.182. The van der Waals surface area contributed by atoms with Crippen molar-refractivity contribution >= 4 is 23.0 Å². The first-order valence-corrected chi connectivity index (χ1v) is 9.80. The van der Waals surface area contributed by atoms with Crippen molar-refractivity contribution in [2.75, 3.05) is 0 Å². The summed E-state index contributed by atoms with van der Waals surface area (Å²) in [6.07, 6.45) is 2.47. The van der Waals surface area contributed by atoms with E-state index in [1.807, 2.05) is 19.1 Å². The van der Waals surface area contributed by atoms with Gasteiger partial charge < -0.3 is 15.3 Å². The molecule has 2 N–H and O–H groups in total. The summed E-state index contributed by atoms with van der Waals surface area (Å²) in [4.78, 5) is 34.2. The van der Waals surface area contributed by atoms with E-state index >= 15 is 0 Å². The zero-order valence-electron chi connectivity index (χ0n) is 17.5. The third kappa shape index (κ3) is 3.89. The molecule has 0 aromatic carbocycles. The molecule has 0 unspecified atom stereocenters. The maximum absolute atomic E-state index is 13.3. The third-order valence-electron chi connectivity index (χ3n) is 5.07. The van der Waals surface area contributed by atoms with E-state index in [2.05, 4.69) is 20.4 Å². The molecule has 162 valence electrons. The highest BCUT2D eigenvalue weighted by Crippen LogP contribution is 2.21. The van der Waals surface area contributed by atoms with Crippen molar-refractivity contribution in [3.63, 3.8) is 0 Å². The van der Waals surface area contributed by atoms with Crippen LogP contribution in [0.4, 0.5) is 4.39 Å². The number of nitrogens with one attached hydrogen (secondary N) is 2.